The van der Waals surface area contributed by atoms with Crippen LogP contribution in [-0.2, 0) is 6.54 Å². The number of aromatic nitrogens is 3. The van der Waals surface area contributed by atoms with Crippen molar-refractivity contribution >= 4 is 16.9 Å². The zero-order valence-electron chi connectivity index (χ0n) is 13.3. The number of benzene rings is 1. The van der Waals surface area contributed by atoms with Crippen LogP contribution in [0.4, 0.5) is 5.82 Å². The molecule has 5 nitrogen and oxygen atoms in total. The van der Waals surface area contributed by atoms with Gasteiger partial charge in [-0.2, -0.15) is 0 Å². The fourth-order valence-electron chi connectivity index (χ4n) is 3.25. The van der Waals surface area contributed by atoms with Crippen LogP contribution in [0.5, 0.6) is 0 Å². The van der Waals surface area contributed by atoms with E-state index in [2.05, 4.69) is 44.9 Å². The maximum absolute atomic E-state index is 4.70. The van der Waals surface area contributed by atoms with Crippen molar-refractivity contribution in [1.29, 1.82) is 0 Å². The predicted octanol–water partition coefficient (Wildman–Crippen LogP) is 2.67. The van der Waals surface area contributed by atoms with Crippen molar-refractivity contribution in [1.82, 2.24) is 19.9 Å². The van der Waals surface area contributed by atoms with Gasteiger partial charge in [0, 0.05) is 31.9 Å². The number of rotatable bonds is 3. The van der Waals surface area contributed by atoms with Gasteiger partial charge < -0.3 is 9.88 Å². The molecule has 0 bridgehead atoms. The highest BCUT2D eigenvalue weighted by Gasteiger charge is 2.25. The van der Waals surface area contributed by atoms with Gasteiger partial charge in [0.05, 0.1) is 17.6 Å². The molecule has 0 amide bonds. The summed E-state index contributed by atoms with van der Waals surface area (Å²) in [5, 5.41) is 0. The van der Waals surface area contributed by atoms with Crippen LogP contribution >= 0.6 is 0 Å². The lowest BCUT2D eigenvalue weighted by molar-refractivity contribution is 0.177. The van der Waals surface area contributed by atoms with Gasteiger partial charge >= 0.3 is 0 Å². The minimum atomic E-state index is 0.471. The third kappa shape index (κ3) is 2.92. The fraction of sp³-hybridized carbons (Fsp3) is 0.333. The lowest BCUT2D eigenvalue weighted by Gasteiger charge is -2.40. The molecule has 118 valence electrons. The number of nitrogens with zero attached hydrogens (tertiary/aromatic N) is 4. The molecule has 2 aromatic heterocycles. The minimum Gasteiger partial charge on any atom is -0.354 e. The molecule has 3 aromatic rings. The van der Waals surface area contributed by atoms with E-state index in [1.807, 2.05) is 30.5 Å². The van der Waals surface area contributed by atoms with Gasteiger partial charge in [0.2, 0.25) is 0 Å². The second-order valence-corrected chi connectivity index (χ2v) is 6.15. The van der Waals surface area contributed by atoms with Crippen LogP contribution in [0.25, 0.3) is 11.0 Å². The molecule has 0 aliphatic carbocycles. The van der Waals surface area contributed by atoms with E-state index in [-0.39, 0.29) is 0 Å². The first kappa shape index (κ1) is 14.2. The molecule has 1 aliphatic heterocycles. The molecule has 0 saturated carbocycles. The number of piperazine rings is 1. The molecule has 0 unspecified atom stereocenters. The van der Waals surface area contributed by atoms with Crippen LogP contribution in [0.2, 0.25) is 0 Å². The summed E-state index contributed by atoms with van der Waals surface area (Å²) in [6.07, 6.45) is 1.86. The number of imidazole rings is 1. The zero-order chi connectivity index (χ0) is 15.6. The van der Waals surface area contributed by atoms with Gasteiger partial charge in [-0.3, -0.25) is 4.90 Å². The van der Waals surface area contributed by atoms with Gasteiger partial charge in [0.1, 0.15) is 11.6 Å². The lowest BCUT2D eigenvalue weighted by atomic mass is 10.2. The Bertz CT molecular complexity index is 749. The molecule has 1 aliphatic rings. The molecule has 1 atom stereocenters. The molecule has 3 heterocycles. The second kappa shape index (κ2) is 6.01. The first-order valence-corrected chi connectivity index (χ1v) is 8.13. The number of aromatic amines is 1. The number of hydrogen-bond acceptors (Lipinski definition) is 4. The Labute approximate surface area is 136 Å². The van der Waals surface area contributed by atoms with Gasteiger partial charge in [-0.05, 0) is 31.2 Å². The monoisotopic (exact) mass is 307 g/mol. The van der Waals surface area contributed by atoms with Gasteiger partial charge in [0.15, 0.2) is 0 Å². The summed E-state index contributed by atoms with van der Waals surface area (Å²) in [6.45, 7) is 6.16. The van der Waals surface area contributed by atoms with E-state index in [1.54, 1.807) is 0 Å². The largest absolute Gasteiger partial charge is 0.354 e. The number of para-hydroxylation sites is 2. The maximum atomic E-state index is 4.70. The summed E-state index contributed by atoms with van der Waals surface area (Å²) >= 11 is 0. The highest BCUT2D eigenvalue weighted by molar-refractivity contribution is 5.74. The van der Waals surface area contributed by atoms with Crippen LogP contribution in [0, 0.1) is 0 Å². The smallest absolute Gasteiger partial charge is 0.128 e. The molecule has 23 heavy (non-hydrogen) atoms. The molecule has 0 spiro atoms. The Morgan fingerprint density at radius 3 is 2.78 bits per heavy atom. The molecular formula is C18H21N5. The van der Waals surface area contributed by atoms with E-state index >= 15 is 0 Å². The van der Waals surface area contributed by atoms with Crippen molar-refractivity contribution in [2.75, 3.05) is 24.5 Å². The third-order valence-electron chi connectivity index (χ3n) is 4.53. The number of nitrogens with one attached hydrogen (secondary N) is 1. The van der Waals surface area contributed by atoms with Gasteiger partial charge in [0.25, 0.3) is 0 Å². The summed E-state index contributed by atoms with van der Waals surface area (Å²) in [5.74, 6) is 2.12. The maximum Gasteiger partial charge on any atom is 0.128 e. The van der Waals surface area contributed by atoms with Gasteiger partial charge in [-0.15, -0.1) is 0 Å². The van der Waals surface area contributed by atoms with E-state index < -0.39 is 0 Å². The molecule has 0 radical (unpaired) electrons. The van der Waals surface area contributed by atoms with Gasteiger partial charge in [-0.25, -0.2) is 9.97 Å². The quantitative estimate of drug-likeness (QED) is 0.808. The minimum absolute atomic E-state index is 0.471. The average Bonchev–Trinajstić information content (AvgIpc) is 3.00. The fourth-order valence-corrected chi connectivity index (χ4v) is 3.25. The molecule has 4 rings (SSSR count). The predicted molar refractivity (Wildman–Crippen MR) is 92.4 cm³/mol. The van der Waals surface area contributed by atoms with E-state index in [0.29, 0.717) is 6.04 Å². The number of anilines is 1. The standard InChI is InChI=1S/C18H21N5/c1-14-12-23(18-8-4-5-9-19-18)11-10-22(14)13-17-20-15-6-2-3-7-16(15)21-17/h2-9,14H,10-13H2,1H3,(H,20,21)/t14-/m1/s1. The zero-order valence-corrected chi connectivity index (χ0v) is 13.3. The van der Waals surface area contributed by atoms with E-state index in [1.165, 1.54) is 0 Å². The van der Waals surface area contributed by atoms with Crippen molar-refractivity contribution in [3.8, 4) is 0 Å². The molecule has 1 fully saturated rings. The average molecular weight is 307 g/mol. The lowest BCUT2D eigenvalue weighted by Crippen LogP contribution is -2.51. The Balaban J connectivity index is 1.45. The second-order valence-electron chi connectivity index (χ2n) is 6.15. The van der Waals surface area contributed by atoms with E-state index in [4.69, 9.17) is 4.98 Å². The SMILES string of the molecule is C[C@@H]1CN(c2ccccn2)CCN1Cc1nc2ccccc2[nH]1. The van der Waals surface area contributed by atoms with Crippen LogP contribution in [-0.4, -0.2) is 45.5 Å². The van der Waals surface area contributed by atoms with Crippen LogP contribution in [0.1, 0.15) is 12.7 Å². The van der Waals surface area contributed by atoms with Crippen molar-refractivity contribution in [2.24, 2.45) is 0 Å². The Morgan fingerprint density at radius 2 is 2.00 bits per heavy atom. The molecular weight excluding hydrogens is 286 g/mol. The van der Waals surface area contributed by atoms with Crippen LogP contribution < -0.4 is 4.90 Å². The summed E-state index contributed by atoms with van der Waals surface area (Å²) < 4.78 is 0. The Hall–Kier alpha value is -2.40. The number of hydrogen-bond donors (Lipinski definition) is 1. The summed E-state index contributed by atoms with van der Waals surface area (Å²) in [4.78, 5) is 17.4. The number of fused-ring (bicyclic) bond motifs is 1. The first-order chi connectivity index (χ1) is 11.3. The number of H-pyrrole nitrogens is 1. The third-order valence-corrected chi connectivity index (χ3v) is 4.53. The Morgan fingerprint density at radius 1 is 1.13 bits per heavy atom. The first-order valence-electron chi connectivity index (χ1n) is 8.13. The molecule has 1 N–H and O–H groups in total. The van der Waals surface area contributed by atoms with Crippen molar-refractivity contribution in [3.05, 3.63) is 54.5 Å². The van der Waals surface area contributed by atoms with Gasteiger partial charge in [-0.1, -0.05) is 18.2 Å². The van der Waals surface area contributed by atoms with E-state index in [0.717, 1.165) is 48.9 Å². The van der Waals surface area contributed by atoms with Crippen LogP contribution in [0.3, 0.4) is 0 Å². The van der Waals surface area contributed by atoms with Crippen molar-refractivity contribution in [3.63, 3.8) is 0 Å². The molecule has 1 saturated heterocycles. The molecule has 1 aromatic carbocycles. The van der Waals surface area contributed by atoms with Crippen molar-refractivity contribution in [2.45, 2.75) is 19.5 Å². The van der Waals surface area contributed by atoms with Crippen LogP contribution in [0.15, 0.2) is 48.7 Å². The summed E-state index contributed by atoms with van der Waals surface area (Å²) in [5.41, 5.74) is 2.16. The number of pyridine rings is 1. The topological polar surface area (TPSA) is 48.1 Å². The molecule has 5 heteroatoms. The van der Waals surface area contributed by atoms with Crippen molar-refractivity contribution < 1.29 is 0 Å². The summed E-state index contributed by atoms with van der Waals surface area (Å²) in [7, 11) is 0. The normalized spacial score (nSPS) is 19.3. The Kier molecular flexibility index (Phi) is 3.71. The highest BCUT2D eigenvalue weighted by Crippen LogP contribution is 2.19. The highest BCUT2D eigenvalue weighted by atomic mass is 15.3. The van der Waals surface area contributed by atoms with E-state index in [9.17, 15) is 0 Å². The summed E-state index contributed by atoms with van der Waals surface area (Å²) in [6, 6.07) is 14.8.